The van der Waals surface area contributed by atoms with Gasteiger partial charge in [0.25, 0.3) is 0 Å². The first-order valence-corrected chi connectivity index (χ1v) is 6.33. The number of ether oxygens (including phenoxy) is 1. The third-order valence-electron chi connectivity index (χ3n) is 2.72. The monoisotopic (exact) mass is 325 g/mol. The van der Waals surface area contributed by atoms with E-state index in [1.165, 1.54) is 13.2 Å². The molecule has 1 heterocycles. The zero-order chi connectivity index (χ0) is 14.0. The van der Waals surface area contributed by atoms with Gasteiger partial charge in [-0.15, -0.1) is 0 Å². The van der Waals surface area contributed by atoms with E-state index in [2.05, 4.69) is 26.2 Å². The van der Waals surface area contributed by atoms with Crippen molar-refractivity contribution in [3.8, 4) is 5.75 Å². The molecule has 2 rings (SSSR count). The van der Waals surface area contributed by atoms with Gasteiger partial charge in [-0.2, -0.15) is 0 Å². The van der Waals surface area contributed by atoms with Crippen molar-refractivity contribution in [2.24, 2.45) is 0 Å². The van der Waals surface area contributed by atoms with Crippen LogP contribution in [0.4, 0.5) is 21.6 Å². The molecule has 0 spiro atoms. The Morgan fingerprint density at radius 1 is 1.42 bits per heavy atom. The molecule has 0 aliphatic rings. The van der Waals surface area contributed by atoms with Crippen LogP contribution in [0.2, 0.25) is 0 Å². The van der Waals surface area contributed by atoms with Crippen molar-refractivity contribution in [1.82, 2.24) is 4.98 Å². The second kappa shape index (κ2) is 5.44. The highest BCUT2D eigenvalue weighted by atomic mass is 79.9. The zero-order valence-electron chi connectivity index (χ0n) is 10.5. The Kier molecular flexibility index (Phi) is 3.90. The molecule has 100 valence electrons. The van der Waals surface area contributed by atoms with E-state index >= 15 is 0 Å². The molecule has 0 amide bonds. The maximum absolute atomic E-state index is 13.3. The number of aromatic nitrogens is 1. The molecule has 0 aliphatic carbocycles. The van der Waals surface area contributed by atoms with Crippen molar-refractivity contribution < 1.29 is 9.13 Å². The summed E-state index contributed by atoms with van der Waals surface area (Å²) in [5, 5.41) is 3.08. The molecule has 3 N–H and O–H groups in total. The van der Waals surface area contributed by atoms with Gasteiger partial charge in [0.05, 0.1) is 23.5 Å². The minimum atomic E-state index is -0.409. The predicted octanol–water partition coefficient (Wildman–Crippen LogP) is 3.63. The molecule has 0 fully saturated rings. The predicted molar refractivity (Wildman–Crippen MR) is 77.3 cm³/mol. The van der Waals surface area contributed by atoms with Crippen molar-refractivity contribution in [3.63, 3.8) is 0 Å². The number of halogens is 2. The molecule has 0 atom stereocenters. The quantitative estimate of drug-likeness (QED) is 0.904. The third-order valence-corrected chi connectivity index (χ3v) is 3.69. The first-order chi connectivity index (χ1) is 9.02. The van der Waals surface area contributed by atoms with Crippen LogP contribution in [0.1, 0.15) is 5.56 Å². The lowest BCUT2D eigenvalue weighted by Crippen LogP contribution is -2.00. The number of nitrogens with zero attached hydrogens (tertiary/aromatic N) is 1. The molecule has 2 aromatic rings. The Hall–Kier alpha value is -1.82. The summed E-state index contributed by atoms with van der Waals surface area (Å²) in [5.41, 5.74) is 7.94. The highest BCUT2D eigenvalue weighted by molar-refractivity contribution is 9.10. The largest absolute Gasteiger partial charge is 0.494 e. The van der Waals surface area contributed by atoms with E-state index in [1.807, 2.05) is 6.92 Å². The summed E-state index contributed by atoms with van der Waals surface area (Å²) in [6.45, 7) is 1.89. The van der Waals surface area contributed by atoms with E-state index in [1.54, 1.807) is 18.3 Å². The Labute approximate surface area is 118 Å². The number of nitrogen functional groups attached to an aromatic ring is 1. The van der Waals surface area contributed by atoms with Crippen LogP contribution in [0.3, 0.4) is 0 Å². The van der Waals surface area contributed by atoms with Gasteiger partial charge in [0.1, 0.15) is 5.82 Å². The summed E-state index contributed by atoms with van der Waals surface area (Å²) in [7, 11) is 1.42. The van der Waals surface area contributed by atoms with Gasteiger partial charge in [0, 0.05) is 11.8 Å². The third kappa shape index (κ3) is 2.78. The molecule has 0 unspecified atom stereocenters. The van der Waals surface area contributed by atoms with Gasteiger partial charge in [-0.05, 0) is 40.5 Å². The maximum Gasteiger partial charge on any atom is 0.165 e. The molecule has 0 radical (unpaired) electrons. The summed E-state index contributed by atoms with van der Waals surface area (Å²) < 4.78 is 19.0. The standard InChI is InChI=1S/C13H13BrFN3O/c1-7-10(16)6-17-13(12(7)14)18-8-3-4-9(15)11(5-8)19-2/h3-6H,16H2,1-2H3,(H,17,18). The highest BCUT2D eigenvalue weighted by Crippen LogP contribution is 2.31. The van der Waals surface area contributed by atoms with Crippen LogP contribution in [0, 0.1) is 12.7 Å². The number of hydrogen-bond acceptors (Lipinski definition) is 4. The smallest absolute Gasteiger partial charge is 0.165 e. The normalized spacial score (nSPS) is 10.3. The lowest BCUT2D eigenvalue weighted by molar-refractivity contribution is 0.387. The van der Waals surface area contributed by atoms with Crippen molar-refractivity contribution in [3.05, 3.63) is 40.2 Å². The van der Waals surface area contributed by atoms with Gasteiger partial charge in [-0.3, -0.25) is 0 Å². The van der Waals surface area contributed by atoms with Gasteiger partial charge in [0.2, 0.25) is 0 Å². The van der Waals surface area contributed by atoms with E-state index in [9.17, 15) is 4.39 Å². The molecule has 6 heteroatoms. The number of anilines is 3. The number of hydrogen-bond donors (Lipinski definition) is 2. The summed E-state index contributed by atoms with van der Waals surface area (Å²) in [5.74, 6) is 0.377. The molecule has 4 nitrogen and oxygen atoms in total. The molecule has 1 aromatic carbocycles. The summed E-state index contributed by atoms with van der Waals surface area (Å²) >= 11 is 3.43. The van der Waals surface area contributed by atoms with E-state index in [4.69, 9.17) is 10.5 Å². The van der Waals surface area contributed by atoms with Gasteiger partial charge in [0.15, 0.2) is 11.6 Å². The number of rotatable bonds is 3. The van der Waals surface area contributed by atoms with E-state index < -0.39 is 5.82 Å². The molecule has 0 saturated carbocycles. The van der Waals surface area contributed by atoms with Crippen molar-refractivity contribution in [2.75, 3.05) is 18.2 Å². The highest BCUT2D eigenvalue weighted by Gasteiger charge is 2.09. The van der Waals surface area contributed by atoms with E-state index in [-0.39, 0.29) is 5.75 Å². The van der Waals surface area contributed by atoms with Crippen LogP contribution in [0.5, 0.6) is 5.75 Å². The van der Waals surface area contributed by atoms with Crippen LogP contribution in [-0.2, 0) is 0 Å². The summed E-state index contributed by atoms with van der Waals surface area (Å²) in [6, 6.07) is 4.51. The Balaban J connectivity index is 2.34. The fourth-order valence-corrected chi connectivity index (χ4v) is 1.98. The van der Waals surface area contributed by atoms with E-state index in [0.29, 0.717) is 17.2 Å². The maximum atomic E-state index is 13.3. The Bertz CT molecular complexity index is 619. The van der Waals surface area contributed by atoms with Gasteiger partial charge >= 0.3 is 0 Å². The van der Waals surface area contributed by atoms with Crippen LogP contribution in [0.15, 0.2) is 28.9 Å². The Morgan fingerprint density at radius 3 is 2.84 bits per heavy atom. The Morgan fingerprint density at radius 2 is 2.16 bits per heavy atom. The van der Waals surface area contributed by atoms with Crippen LogP contribution in [0.25, 0.3) is 0 Å². The molecular formula is C13H13BrFN3O. The number of pyridine rings is 1. The fraction of sp³-hybridized carbons (Fsp3) is 0.154. The lowest BCUT2D eigenvalue weighted by atomic mass is 10.2. The molecule has 1 aromatic heterocycles. The fourth-order valence-electron chi connectivity index (χ4n) is 1.55. The van der Waals surface area contributed by atoms with Crippen molar-refractivity contribution in [1.29, 1.82) is 0 Å². The summed E-state index contributed by atoms with van der Waals surface area (Å²) in [4.78, 5) is 4.19. The molecule has 0 bridgehead atoms. The number of nitrogens with two attached hydrogens (primary N) is 1. The zero-order valence-corrected chi connectivity index (χ0v) is 12.1. The van der Waals surface area contributed by atoms with E-state index in [0.717, 1.165) is 10.0 Å². The minimum absolute atomic E-state index is 0.174. The van der Waals surface area contributed by atoms with Gasteiger partial charge in [-0.25, -0.2) is 9.37 Å². The first kappa shape index (κ1) is 13.6. The second-order valence-electron chi connectivity index (χ2n) is 3.98. The molecule has 0 aliphatic heterocycles. The number of methoxy groups -OCH3 is 1. The second-order valence-corrected chi connectivity index (χ2v) is 4.77. The number of nitrogens with one attached hydrogen (secondary N) is 1. The molecular weight excluding hydrogens is 313 g/mol. The average Bonchev–Trinajstić information content (AvgIpc) is 2.41. The molecule has 19 heavy (non-hydrogen) atoms. The van der Waals surface area contributed by atoms with Crippen LogP contribution >= 0.6 is 15.9 Å². The minimum Gasteiger partial charge on any atom is -0.494 e. The first-order valence-electron chi connectivity index (χ1n) is 5.54. The molecule has 0 saturated heterocycles. The van der Waals surface area contributed by atoms with Gasteiger partial charge in [-0.1, -0.05) is 0 Å². The SMILES string of the molecule is COc1cc(Nc2ncc(N)c(C)c2Br)ccc1F. The van der Waals surface area contributed by atoms with Crippen molar-refractivity contribution in [2.45, 2.75) is 6.92 Å². The van der Waals surface area contributed by atoms with Gasteiger partial charge < -0.3 is 15.8 Å². The van der Waals surface area contributed by atoms with Crippen LogP contribution < -0.4 is 15.8 Å². The van der Waals surface area contributed by atoms with Crippen molar-refractivity contribution >= 4 is 33.1 Å². The topological polar surface area (TPSA) is 60.2 Å². The average molecular weight is 326 g/mol. The summed E-state index contributed by atoms with van der Waals surface area (Å²) in [6.07, 6.45) is 1.57. The van der Waals surface area contributed by atoms with Crippen LogP contribution in [-0.4, -0.2) is 12.1 Å². The lowest BCUT2D eigenvalue weighted by Gasteiger charge is -2.12. The number of benzene rings is 1.